The average molecular weight is 582 g/mol. The average Bonchev–Trinajstić information content (AvgIpc) is 3.64. The lowest BCUT2D eigenvalue weighted by Gasteiger charge is -2.48. The molecule has 4 amide bonds. The van der Waals surface area contributed by atoms with E-state index in [4.69, 9.17) is 4.42 Å². The van der Waals surface area contributed by atoms with Gasteiger partial charge in [0.25, 0.3) is 5.69 Å². The fourth-order valence-corrected chi connectivity index (χ4v) is 7.77. The number of nitro benzene ring substituents is 1. The molecule has 3 heterocycles. The standard InChI is InChI=1S/C32H27N3O8/c1-32-24(29(38)34(31(32)40)17-6-3-2-4-7-17)15-23-21(27(32)25-13-10-20(16-36)43-25)11-12-22-26(23)30(39)33(28(22)37)18-8-5-9-19(14-18)35(41)42/h2-11,13-14,22-24,26-27,36H,12,15-16H2,1H3. The van der Waals surface area contributed by atoms with Gasteiger partial charge in [-0.15, -0.1) is 0 Å². The number of nitro groups is 1. The molecule has 1 aromatic heterocycles. The van der Waals surface area contributed by atoms with Gasteiger partial charge in [0.15, 0.2) is 0 Å². The van der Waals surface area contributed by atoms with Crippen LogP contribution >= 0.6 is 0 Å². The fraction of sp³-hybridized carbons (Fsp3) is 0.312. The van der Waals surface area contributed by atoms with E-state index in [1.807, 2.05) is 6.08 Å². The summed E-state index contributed by atoms with van der Waals surface area (Å²) in [6.07, 6.45) is 2.29. The van der Waals surface area contributed by atoms with E-state index in [-0.39, 0.29) is 42.6 Å². The molecule has 3 fully saturated rings. The molecule has 3 aromatic rings. The number of aliphatic hydroxyl groups excluding tert-OH is 1. The third-order valence-electron chi connectivity index (χ3n) is 9.71. The zero-order valence-corrected chi connectivity index (χ0v) is 23.1. The van der Waals surface area contributed by atoms with Gasteiger partial charge in [-0.25, -0.2) is 9.80 Å². The molecule has 0 bridgehead atoms. The summed E-state index contributed by atoms with van der Waals surface area (Å²) in [6, 6.07) is 17.4. The summed E-state index contributed by atoms with van der Waals surface area (Å²) in [5.41, 5.74) is -0.178. The van der Waals surface area contributed by atoms with E-state index in [0.29, 0.717) is 17.2 Å². The number of nitrogens with zero attached hydrogens (tertiary/aromatic N) is 3. The zero-order valence-electron chi connectivity index (χ0n) is 23.1. The van der Waals surface area contributed by atoms with Crippen LogP contribution in [0.15, 0.2) is 82.8 Å². The number of furan rings is 1. The van der Waals surface area contributed by atoms with Crippen LogP contribution in [0.4, 0.5) is 17.1 Å². The number of hydrogen-bond acceptors (Lipinski definition) is 8. The Morgan fingerprint density at radius 3 is 2.37 bits per heavy atom. The van der Waals surface area contributed by atoms with Gasteiger partial charge < -0.3 is 9.52 Å². The van der Waals surface area contributed by atoms with Gasteiger partial charge in [-0.05, 0) is 56.0 Å². The number of fused-ring (bicyclic) bond motifs is 4. The van der Waals surface area contributed by atoms with E-state index in [1.165, 1.54) is 29.2 Å². The predicted octanol–water partition coefficient (Wildman–Crippen LogP) is 4.12. The van der Waals surface area contributed by atoms with E-state index < -0.39 is 51.7 Å². The number of allylic oxidation sites excluding steroid dienone is 2. The van der Waals surface area contributed by atoms with Crippen molar-refractivity contribution in [2.24, 2.45) is 29.1 Å². The topological polar surface area (TPSA) is 151 Å². The van der Waals surface area contributed by atoms with Gasteiger partial charge in [0.1, 0.15) is 18.1 Å². The maximum Gasteiger partial charge on any atom is 0.271 e. The molecule has 0 spiro atoms. The summed E-state index contributed by atoms with van der Waals surface area (Å²) >= 11 is 0. The number of aliphatic hydroxyl groups is 1. The number of amides is 4. The number of carbonyl (C=O) groups is 4. The van der Waals surface area contributed by atoms with Crippen molar-refractivity contribution >= 4 is 40.7 Å². The second kappa shape index (κ2) is 9.56. The van der Waals surface area contributed by atoms with Crippen molar-refractivity contribution in [3.05, 3.63) is 100 Å². The molecule has 11 nitrogen and oxygen atoms in total. The number of non-ortho nitro benzene ring substituents is 1. The van der Waals surface area contributed by atoms with Crippen LogP contribution in [0.3, 0.4) is 0 Å². The summed E-state index contributed by atoms with van der Waals surface area (Å²) in [7, 11) is 0. The quantitative estimate of drug-likeness (QED) is 0.205. The molecule has 218 valence electrons. The lowest BCUT2D eigenvalue weighted by Crippen LogP contribution is -2.48. The Bertz CT molecular complexity index is 1750. The van der Waals surface area contributed by atoms with Crippen molar-refractivity contribution in [3.8, 4) is 0 Å². The molecule has 2 saturated heterocycles. The Morgan fingerprint density at radius 1 is 0.930 bits per heavy atom. The molecule has 7 rings (SSSR count). The monoisotopic (exact) mass is 581 g/mol. The van der Waals surface area contributed by atoms with Gasteiger partial charge >= 0.3 is 0 Å². The van der Waals surface area contributed by atoms with Crippen molar-refractivity contribution in [2.45, 2.75) is 32.3 Å². The number of imide groups is 2. The summed E-state index contributed by atoms with van der Waals surface area (Å²) < 4.78 is 6.01. The van der Waals surface area contributed by atoms with E-state index in [0.717, 1.165) is 10.5 Å². The molecule has 6 unspecified atom stereocenters. The molecule has 11 heteroatoms. The molecule has 1 N–H and O–H groups in total. The molecule has 1 saturated carbocycles. The minimum absolute atomic E-state index is 0.123. The molecular formula is C32H27N3O8. The summed E-state index contributed by atoms with van der Waals surface area (Å²) in [5.74, 6) is -4.64. The van der Waals surface area contributed by atoms with Gasteiger partial charge in [-0.2, -0.15) is 0 Å². The van der Waals surface area contributed by atoms with Crippen molar-refractivity contribution in [3.63, 3.8) is 0 Å². The maximum atomic E-state index is 14.3. The van der Waals surface area contributed by atoms with Crippen molar-refractivity contribution in [2.75, 3.05) is 9.80 Å². The van der Waals surface area contributed by atoms with E-state index in [2.05, 4.69) is 0 Å². The normalized spacial score (nSPS) is 29.8. The zero-order chi connectivity index (χ0) is 30.2. The molecule has 4 aliphatic rings. The molecule has 6 atom stereocenters. The minimum Gasteiger partial charge on any atom is -0.463 e. The van der Waals surface area contributed by atoms with Gasteiger partial charge in [0.05, 0.1) is 45.4 Å². The van der Waals surface area contributed by atoms with Crippen LogP contribution in [0.2, 0.25) is 0 Å². The Balaban J connectivity index is 1.34. The molecular weight excluding hydrogens is 554 g/mol. The Hall–Kier alpha value is -4.90. The Labute approximate surface area is 245 Å². The number of hydrogen-bond donors (Lipinski definition) is 1. The first-order chi connectivity index (χ1) is 20.7. The van der Waals surface area contributed by atoms with Crippen LogP contribution < -0.4 is 9.80 Å². The molecule has 2 aliphatic heterocycles. The van der Waals surface area contributed by atoms with Crippen LogP contribution in [-0.4, -0.2) is 33.7 Å². The smallest absolute Gasteiger partial charge is 0.271 e. The van der Waals surface area contributed by atoms with Crippen LogP contribution in [0.25, 0.3) is 0 Å². The second-order valence-corrected chi connectivity index (χ2v) is 11.7. The van der Waals surface area contributed by atoms with Crippen LogP contribution in [0.1, 0.15) is 37.2 Å². The van der Waals surface area contributed by atoms with Crippen molar-refractivity contribution in [1.82, 2.24) is 0 Å². The highest BCUT2D eigenvalue weighted by Gasteiger charge is 2.68. The summed E-state index contributed by atoms with van der Waals surface area (Å²) in [6.45, 7) is 1.40. The van der Waals surface area contributed by atoms with Crippen molar-refractivity contribution < 1.29 is 33.6 Å². The second-order valence-electron chi connectivity index (χ2n) is 11.7. The number of rotatable bonds is 5. The first-order valence-electron chi connectivity index (χ1n) is 14.1. The van der Waals surface area contributed by atoms with Gasteiger partial charge in [-0.1, -0.05) is 35.9 Å². The third kappa shape index (κ3) is 3.70. The van der Waals surface area contributed by atoms with Crippen LogP contribution in [0, 0.1) is 39.2 Å². The highest BCUT2D eigenvalue weighted by molar-refractivity contribution is 6.25. The lowest BCUT2D eigenvalue weighted by molar-refractivity contribution is -0.384. The SMILES string of the molecule is CC12C(=O)N(c3ccccc3)C(=O)C1CC1C(=CCC3C(=O)N(c4cccc([N+](=O)[O-])c4)C(=O)C31)C2c1ccc(CO)o1. The largest absolute Gasteiger partial charge is 0.463 e. The summed E-state index contributed by atoms with van der Waals surface area (Å²) in [4.78, 5) is 69.2. The predicted molar refractivity (Wildman–Crippen MR) is 151 cm³/mol. The Kier molecular flexibility index (Phi) is 6.00. The van der Waals surface area contributed by atoms with E-state index >= 15 is 0 Å². The number of para-hydroxylation sites is 1. The number of anilines is 2. The van der Waals surface area contributed by atoms with Gasteiger partial charge in [0, 0.05) is 12.1 Å². The van der Waals surface area contributed by atoms with Gasteiger partial charge in [-0.3, -0.25) is 29.3 Å². The summed E-state index contributed by atoms with van der Waals surface area (Å²) in [5, 5.41) is 21.1. The highest BCUT2D eigenvalue weighted by Crippen LogP contribution is 2.63. The number of benzene rings is 2. The maximum absolute atomic E-state index is 14.3. The van der Waals surface area contributed by atoms with Crippen LogP contribution in [-0.2, 0) is 25.8 Å². The fourth-order valence-electron chi connectivity index (χ4n) is 7.77. The molecule has 43 heavy (non-hydrogen) atoms. The third-order valence-corrected chi connectivity index (χ3v) is 9.71. The van der Waals surface area contributed by atoms with Gasteiger partial charge in [0.2, 0.25) is 23.6 Å². The highest BCUT2D eigenvalue weighted by atomic mass is 16.6. The van der Waals surface area contributed by atoms with Crippen LogP contribution in [0.5, 0.6) is 0 Å². The molecule has 2 aliphatic carbocycles. The van der Waals surface area contributed by atoms with E-state index in [9.17, 15) is 34.4 Å². The Morgan fingerprint density at radius 2 is 1.67 bits per heavy atom. The molecule has 2 aromatic carbocycles. The first kappa shape index (κ1) is 27.0. The van der Waals surface area contributed by atoms with Crippen molar-refractivity contribution in [1.29, 1.82) is 0 Å². The number of carbonyl (C=O) groups excluding carboxylic acids is 4. The first-order valence-corrected chi connectivity index (χ1v) is 14.1. The van der Waals surface area contributed by atoms with E-state index in [1.54, 1.807) is 49.4 Å². The lowest BCUT2D eigenvalue weighted by atomic mass is 9.52. The minimum atomic E-state index is -1.25. The molecule has 0 radical (unpaired) electrons.